The molecular weight excluding hydrogens is 466 g/mol. The van der Waals surface area contributed by atoms with Crippen LogP contribution in [-0.2, 0) is 14.8 Å². The average molecular weight is 494 g/mol. The summed E-state index contributed by atoms with van der Waals surface area (Å²) in [6.07, 6.45) is 0.246. The Hall–Kier alpha value is -3.49. The van der Waals surface area contributed by atoms with Gasteiger partial charge in [0.05, 0.1) is 10.3 Å². The minimum absolute atomic E-state index is 0.0235. The Morgan fingerprint density at radius 3 is 2.26 bits per heavy atom. The van der Waals surface area contributed by atoms with Crippen LogP contribution < -0.4 is 15.1 Å². The monoisotopic (exact) mass is 493 g/mol. The van der Waals surface area contributed by atoms with E-state index >= 15 is 0 Å². The average Bonchev–Trinajstić information content (AvgIpc) is 2.81. The molecule has 0 spiro atoms. The standard InChI is InChI=1S/C27H27NO6S/c1-16(2)15-23(28-35(31,32)19-11-9-17(3)10-12-19)27(30)33-24-14-13-21-20-7-5-6-8-22(20)26(29)34-25(21)18(24)4/h5-14,16,23,28H,15H2,1-4H3. The highest BCUT2D eigenvalue weighted by atomic mass is 32.2. The van der Waals surface area contributed by atoms with Gasteiger partial charge in [0.2, 0.25) is 10.0 Å². The number of hydrogen-bond acceptors (Lipinski definition) is 6. The van der Waals surface area contributed by atoms with E-state index in [1.165, 1.54) is 12.1 Å². The van der Waals surface area contributed by atoms with E-state index in [0.29, 0.717) is 16.5 Å². The predicted octanol–water partition coefficient (Wildman–Crippen LogP) is 4.86. The molecule has 182 valence electrons. The number of aryl methyl sites for hydroxylation is 2. The number of fused-ring (bicyclic) bond motifs is 3. The smallest absolute Gasteiger partial charge is 0.344 e. The topological polar surface area (TPSA) is 103 Å². The largest absolute Gasteiger partial charge is 0.425 e. The molecule has 4 aromatic rings. The van der Waals surface area contributed by atoms with E-state index in [4.69, 9.17) is 9.15 Å². The molecule has 0 saturated heterocycles. The summed E-state index contributed by atoms with van der Waals surface area (Å²) in [6, 6.07) is 15.8. The molecule has 8 heteroatoms. The number of nitrogens with one attached hydrogen (secondary N) is 1. The molecule has 1 aromatic heterocycles. The van der Waals surface area contributed by atoms with Crippen molar-refractivity contribution in [2.45, 2.75) is 45.1 Å². The molecule has 0 saturated carbocycles. The van der Waals surface area contributed by atoms with Gasteiger partial charge in [-0.2, -0.15) is 4.72 Å². The number of rotatable bonds is 7. The molecule has 0 amide bonds. The Morgan fingerprint density at radius 2 is 1.60 bits per heavy atom. The van der Waals surface area contributed by atoms with Crippen molar-refractivity contribution in [3.63, 3.8) is 0 Å². The molecule has 0 radical (unpaired) electrons. The van der Waals surface area contributed by atoms with Gasteiger partial charge in [0.25, 0.3) is 0 Å². The van der Waals surface area contributed by atoms with Crippen molar-refractivity contribution < 1.29 is 22.4 Å². The minimum atomic E-state index is -3.94. The van der Waals surface area contributed by atoms with Crippen LogP contribution in [0.2, 0.25) is 0 Å². The van der Waals surface area contributed by atoms with E-state index in [0.717, 1.165) is 16.3 Å². The van der Waals surface area contributed by atoms with Gasteiger partial charge in [0.1, 0.15) is 17.4 Å². The first kappa shape index (κ1) is 24.6. The van der Waals surface area contributed by atoms with Crippen LogP contribution in [0.15, 0.2) is 74.8 Å². The molecule has 1 atom stereocenters. The van der Waals surface area contributed by atoms with Crippen LogP contribution in [0, 0.1) is 19.8 Å². The van der Waals surface area contributed by atoms with E-state index in [1.807, 2.05) is 32.9 Å². The highest BCUT2D eigenvalue weighted by molar-refractivity contribution is 7.89. The Bertz CT molecular complexity index is 1570. The van der Waals surface area contributed by atoms with Crippen LogP contribution in [0.3, 0.4) is 0 Å². The molecule has 35 heavy (non-hydrogen) atoms. The third-order valence-electron chi connectivity index (χ3n) is 5.82. The summed E-state index contributed by atoms with van der Waals surface area (Å²) in [6.45, 7) is 7.33. The number of benzene rings is 3. The molecule has 1 unspecified atom stereocenters. The van der Waals surface area contributed by atoms with Crippen LogP contribution in [0.25, 0.3) is 21.7 Å². The van der Waals surface area contributed by atoms with Crippen LogP contribution >= 0.6 is 0 Å². The van der Waals surface area contributed by atoms with Gasteiger partial charge in [-0.3, -0.25) is 0 Å². The number of esters is 1. The molecule has 1 N–H and O–H groups in total. The van der Waals surface area contributed by atoms with Crippen molar-refractivity contribution in [1.82, 2.24) is 4.72 Å². The second kappa shape index (κ2) is 9.64. The van der Waals surface area contributed by atoms with Gasteiger partial charge in [-0.15, -0.1) is 0 Å². The molecule has 0 aliphatic carbocycles. The Kier molecular flexibility index (Phi) is 6.78. The zero-order valence-electron chi connectivity index (χ0n) is 20.0. The molecule has 7 nitrogen and oxygen atoms in total. The van der Waals surface area contributed by atoms with Crippen molar-refractivity contribution in [3.8, 4) is 5.75 Å². The normalized spacial score (nSPS) is 12.8. The van der Waals surface area contributed by atoms with Gasteiger partial charge in [-0.25, -0.2) is 18.0 Å². The van der Waals surface area contributed by atoms with Crippen molar-refractivity contribution in [2.24, 2.45) is 5.92 Å². The third-order valence-corrected chi connectivity index (χ3v) is 7.31. The quantitative estimate of drug-likeness (QED) is 0.171. The highest BCUT2D eigenvalue weighted by Gasteiger charge is 2.29. The van der Waals surface area contributed by atoms with Crippen molar-refractivity contribution in [3.05, 3.63) is 82.2 Å². The van der Waals surface area contributed by atoms with E-state index in [2.05, 4.69) is 4.72 Å². The molecule has 0 aliphatic heterocycles. The molecule has 3 aromatic carbocycles. The van der Waals surface area contributed by atoms with Crippen molar-refractivity contribution >= 4 is 37.7 Å². The lowest BCUT2D eigenvalue weighted by Gasteiger charge is -2.20. The summed E-state index contributed by atoms with van der Waals surface area (Å²) in [5, 5.41) is 1.92. The summed E-state index contributed by atoms with van der Waals surface area (Å²) >= 11 is 0. The fourth-order valence-corrected chi connectivity index (χ4v) is 5.19. The van der Waals surface area contributed by atoms with E-state index in [-0.39, 0.29) is 23.0 Å². The first-order valence-electron chi connectivity index (χ1n) is 11.3. The maximum absolute atomic E-state index is 13.1. The minimum Gasteiger partial charge on any atom is -0.425 e. The van der Waals surface area contributed by atoms with Crippen molar-refractivity contribution in [1.29, 1.82) is 0 Å². The van der Waals surface area contributed by atoms with E-state index < -0.39 is 27.7 Å². The SMILES string of the molecule is Cc1ccc(S(=O)(=O)NC(CC(C)C)C(=O)Oc2ccc3c(oc(=O)c4ccccc43)c2C)cc1. The van der Waals surface area contributed by atoms with Crippen LogP contribution in [0.5, 0.6) is 5.75 Å². The summed E-state index contributed by atoms with van der Waals surface area (Å²) < 4.78 is 39.5. The number of carbonyl (C=O) groups is 1. The van der Waals surface area contributed by atoms with Gasteiger partial charge in [-0.05, 0) is 61.9 Å². The first-order chi connectivity index (χ1) is 16.6. The van der Waals surface area contributed by atoms with Crippen LogP contribution in [0.4, 0.5) is 0 Å². The maximum atomic E-state index is 13.1. The predicted molar refractivity (Wildman–Crippen MR) is 135 cm³/mol. The summed E-state index contributed by atoms with van der Waals surface area (Å²) in [7, 11) is -3.94. The number of sulfonamides is 1. The lowest BCUT2D eigenvalue weighted by Crippen LogP contribution is -2.43. The molecule has 4 rings (SSSR count). The second-order valence-corrected chi connectivity index (χ2v) is 10.8. The second-order valence-electron chi connectivity index (χ2n) is 9.04. The first-order valence-corrected chi connectivity index (χ1v) is 12.8. The number of hydrogen-bond donors (Lipinski definition) is 1. The van der Waals surface area contributed by atoms with Gasteiger partial charge in [-0.1, -0.05) is 49.7 Å². The molecular formula is C27H27NO6S. The Balaban J connectivity index is 1.66. The molecule has 1 heterocycles. The summed E-state index contributed by atoms with van der Waals surface area (Å²) in [5.41, 5.74) is 1.24. The van der Waals surface area contributed by atoms with Gasteiger partial charge in [0.15, 0.2) is 0 Å². The fourth-order valence-electron chi connectivity index (χ4n) is 3.99. The zero-order chi connectivity index (χ0) is 25.3. The van der Waals surface area contributed by atoms with E-state index in [9.17, 15) is 18.0 Å². The molecule has 0 bridgehead atoms. The number of carbonyl (C=O) groups excluding carboxylic acids is 1. The molecule has 0 fully saturated rings. The lowest BCUT2D eigenvalue weighted by molar-refractivity contribution is -0.136. The van der Waals surface area contributed by atoms with Gasteiger partial charge < -0.3 is 9.15 Å². The van der Waals surface area contributed by atoms with E-state index in [1.54, 1.807) is 43.3 Å². The lowest BCUT2D eigenvalue weighted by atomic mass is 10.0. The maximum Gasteiger partial charge on any atom is 0.344 e. The van der Waals surface area contributed by atoms with Crippen LogP contribution in [0.1, 0.15) is 31.4 Å². The van der Waals surface area contributed by atoms with Gasteiger partial charge >= 0.3 is 11.6 Å². The van der Waals surface area contributed by atoms with Gasteiger partial charge in [0, 0.05) is 10.9 Å². The Morgan fingerprint density at radius 1 is 0.943 bits per heavy atom. The Labute approximate surface area is 203 Å². The zero-order valence-corrected chi connectivity index (χ0v) is 20.8. The molecule has 0 aliphatic rings. The summed E-state index contributed by atoms with van der Waals surface area (Å²) in [5.74, 6) is -0.514. The third kappa shape index (κ3) is 5.13. The number of ether oxygens (including phenoxy) is 1. The fraction of sp³-hybridized carbons (Fsp3) is 0.259. The van der Waals surface area contributed by atoms with Crippen molar-refractivity contribution in [2.75, 3.05) is 0 Å². The van der Waals surface area contributed by atoms with Crippen LogP contribution in [-0.4, -0.2) is 20.4 Å². The summed E-state index contributed by atoms with van der Waals surface area (Å²) in [4.78, 5) is 25.7. The highest BCUT2D eigenvalue weighted by Crippen LogP contribution is 2.31.